The van der Waals surface area contributed by atoms with Gasteiger partial charge in [-0.15, -0.1) is 11.3 Å². The second kappa shape index (κ2) is 5.64. The summed E-state index contributed by atoms with van der Waals surface area (Å²) < 4.78 is 0. The molecule has 0 bridgehead atoms. The number of thiophene rings is 1. The Bertz CT molecular complexity index is 675. The van der Waals surface area contributed by atoms with Crippen molar-refractivity contribution < 1.29 is 4.79 Å². The molecule has 5 heteroatoms. The summed E-state index contributed by atoms with van der Waals surface area (Å²) in [4.78, 5) is 20.7. The number of nitrogens with zero attached hydrogens (tertiary/aromatic N) is 2. The summed E-state index contributed by atoms with van der Waals surface area (Å²) in [6.45, 7) is 5.57. The maximum Gasteiger partial charge on any atom is 0.266 e. The molecule has 0 saturated heterocycles. The molecular weight excluding hydrogens is 282 g/mol. The van der Waals surface area contributed by atoms with Crippen LogP contribution in [0.25, 0.3) is 10.2 Å². The summed E-state index contributed by atoms with van der Waals surface area (Å²) in [5, 5.41) is 0.897. The number of aryl methyl sites for hydroxylation is 1. The Kier molecular flexibility index (Phi) is 3.85. The molecular formula is C16H21N3OS. The van der Waals surface area contributed by atoms with Gasteiger partial charge in [-0.25, -0.2) is 4.98 Å². The number of fused-ring (bicyclic) bond motifs is 1. The van der Waals surface area contributed by atoms with Gasteiger partial charge in [-0.1, -0.05) is 6.42 Å². The first kappa shape index (κ1) is 14.3. The lowest BCUT2D eigenvalue weighted by Gasteiger charge is -2.31. The summed E-state index contributed by atoms with van der Waals surface area (Å²) >= 11 is 1.42. The van der Waals surface area contributed by atoms with Crippen molar-refractivity contribution >= 4 is 33.1 Å². The molecule has 1 aliphatic rings. The molecule has 2 aromatic rings. The lowest BCUT2D eigenvalue weighted by molar-refractivity contribution is 0.0712. The fraction of sp³-hybridized carbons (Fsp3) is 0.500. The quantitative estimate of drug-likeness (QED) is 0.941. The molecule has 1 amide bonds. The second-order valence-corrected chi connectivity index (χ2v) is 6.79. The van der Waals surface area contributed by atoms with E-state index < -0.39 is 0 Å². The number of nitrogen functional groups attached to an aromatic ring is 1. The number of anilines is 1. The van der Waals surface area contributed by atoms with Crippen molar-refractivity contribution in [1.82, 2.24) is 9.88 Å². The van der Waals surface area contributed by atoms with Crippen LogP contribution < -0.4 is 5.73 Å². The van der Waals surface area contributed by atoms with E-state index in [-0.39, 0.29) is 5.91 Å². The first-order chi connectivity index (χ1) is 10.1. The molecule has 2 heterocycles. The fourth-order valence-corrected chi connectivity index (χ4v) is 3.84. The van der Waals surface area contributed by atoms with E-state index in [2.05, 4.69) is 4.98 Å². The molecule has 0 spiro atoms. The fourth-order valence-electron chi connectivity index (χ4n) is 2.73. The van der Waals surface area contributed by atoms with Crippen LogP contribution in [-0.2, 0) is 0 Å². The van der Waals surface area contributed by atoms with Gasteiger partial charge in [0.25, 0.3) is 5.91 Å². The highest BCUT2D eigenvalue weighted by Crippen LogP contribution is 2.34. The molecule has 1 saturated carbocycles. The Morgan fingerprint density at radius 3 is 2.86 bits per heavy atom. The van der Waals surface area contributed by atoms with Crippen molar-refractivity contribution in [3.63, 3.8) is 0 Å². The van der Waals surface area contributed by atoms with E-state index in [0.717, 1.165) is 29.0 Å². The number of carbonyl (C=O) groups is 1. The molecule has 0 aliphatic heterocycles. The van der Waals surface area contributed by atoms with Gasteiger partial charge in [-0.05, 0) is 44.7 Å². The molecule has 112 valence electrons. The van der Waals surface area contributed by atoms with Crippen LogP contribution in [-0.4, -0.2) is 28.9 Å². The molecule has 2 N–H and O–H groups in total. The van der Waals surface area contributed by atoms with E-state index in [1.54, 1.807) is 0 Å². The van der Waals surface area contributed by atoms with Gasteiger partial charge in [0.05, 0.1) is 5.69 Å². The zero-order chi connectivity index (χ0) is 15.0. The largest absolute Gasteiger partial charge is 0.397 e. The first-order valence-corrected chi connectivity index (χ1v) is 8.36. The maximum absolute atomic E-state index is 12.8. The maximum atomic E-state index is 12.8. The summed E-state index contributed by atoms with van der Waals surface area (Å²) in [7, 11) is 0. The van der Waals surface area contributed by atoms with Crippen LogP contribution in [0.3, 0.4) is 0 Å². The van der Waals surface area contributed by atoms with Gasteiger partial charge in [0.1, 0.15) is 9.71 Å². The predicted molar refractivity (Wildman–Crippen MR) is 87.7 cm³/mol. The Morgan fingerprint density at radius 2 is 2.24 bits per heavy atom. The third kappa shape index (κ3) is 2.62. The lowest BCUT2D eigenvalue weighted by atomic mass is 9.85. The van der Waals surface area contributed by atoms with Crippen molar-refractivity contribution in [2.45, 2.75) is 33.1 Å². The lowest BCUT2D eigenvalue weighted by Crippen LogP contribution is -2.37. The number of hydrogen-bond donors (Lipinski definition) is 1. The Hall–Kier alpha value is -1.62. The topological polar surface area (TPSA) is 59.2 Å². The van der Waals surface area contributed by atoms with E-state index in [1.165, 1.54) is 30.6 Å². The molecule has 3 rings (SSSR count). The smallest absolute Gasteiger partial charge is 0.266 e. The van der Waals surface area contributed by atoms with Gasteiger partial charge >= 0.3 is 0 Å². The van der Waals surface area contributed by atoms with E-state index >= 15 is 0 Å². The van der Waals surface area contributed by atoms with E-state index in [9.17, 15) is 4.79 Å². The van der Waals surface area contributed by atoms with Gasteiger partial charge in [0.15, 0.2) is 0 Å². The molecule has 0 unspecified atom stereocenters. The van der Waals surface area contributed by atoms with Gasteiger partial charge in [0.2, 0.25) is 0 Å². The van der Waals surface area contributed by atoms with Gasteiger partial charge < -0.3 is 10.6 Å². The molecule has 1 fully saturated rings. The highest BCUT2D eigenvalue weighted by molar-refractivity contribution is 7.21. The molecule has 2 aromatic heterocycles. The first-order valence-electron chi connectivity index (χ1n) is 7.55. The van der Waals surface area contributed by atoms with Crippen LogP contribution in [0.2, 0.25) is 0 Å². The van der Waals surface area contributed by atoms with Crippen LogP contribution in [0.15, 0.2) is 12.1 Å². The number of carbonyl (C=O) groups excluding carboxylic acids is 1. The zero-order valence-corrected chi connectivity index (χ0v) is 13.4. The molecule has 0 aromatic carbocycles. The Morgan fingerprint density at radius 1 is 1.48 bits per heavy atom. The summed E-state index contributed by atoms with van der Waals surface area (Å²) in [5.74, 6) is 0.729. The number of aromatic nitrogens is 1. The minimum absolute atomic E-state index is 0.0579. The summed E-state index contributed by atoms with van der Waals surface area (Å²) in [5.41, 5.74) is 7.71. The van der Waals surface area contributed by atoms with Crippen LogP contribution in [0.5, 0.6) is 0 Å². The highest BCUT2D eigenvalue weighted by Gasteiger charge is 2.26. The molecule has 0 atom stereocenters. The van der Waals surface area contributed by atoms with Crippen LogP contribution >= 0.6 is 11.3 Å². The highest BCUT2D eigenvalue weighted by atomic mass is 32.1. The number of rotatable bonds is 4. The Balaban J connectivity index is 1.90. The second-order valence-electron chi connectivity index (χ2n) is 5.79. The minimum Gasteiger partial charge on any atom is -0.397 e. The average Bonchev–Trinajstić information content (AvgIpc) is 2.74. The number of hydrogen-bond acceptors (Lipinski definition) is 4. The van der Waals surface area contributed by atoms with Crippen molar-refractivity contribution in [2.24, 2.45) is 5.92 Å². The molecule has 1 aliphatic carbocycles. The van der Waals surface area contributed by atoms with Crippen molar-refractivity contribution in [3.05, 3.63) is 22.7 Å². The minimum atomic E-state index is 0.0579. The van der Waals surface area contributed by atoms with E-state index in [1.807, 2.05) is 30.9 Å². The van der Waals surface area contributed by atoms with Crippen molar-refractivity contribution in [1.29, 1.82) is 0 Å². The van der Waals surface area contributed by atoms with Gasteiger partial charge in [-0.2, -0.15) is 0 Å². The van der Waals surface area contributed by atoms with E-state index in [4.69, 9.17) is 5.73 Å². The number of pyridine rings is 1. The third-order valence-corrected chi connectivity index (χ3v) is 5.40. The van der Waals surface area contributed by atoms with Crippen LogP contribution in [0, 0.1) is 12.8 Å². The zero-order valence-electron chi connectivity index (χ0n) is 12.6. The predicted octanol–water partition coefficient (Wildman–Crippen LogP) is 3.45. The number of amides is 1. The monoisotopic (exact) mass is 303 g/mol. The van der Waals surface area contributed by atoms with Gasteiger partial charge in [-0.3, -0.25) is 4.79 Å². The number of nitrogens with two attached hydrogens (primary N) is 1. The SMILES string of the molecule is CCN(CC1CCC1)C(=O)c1sc2nc(C)ccc2c1N. The van der Waals surface area contributed by atoms with Crippen molar-refractivity contribution in [2.75, 3.05) is 18.8 Å². The average molecular weight is 303 g/mol. The summed E-state index contributed by atoms with van der Waals surface area (Å²) in [6.07, 6.45) is 3.78. The summed E-state index contributed by atoms with van der Waals surface area (Å²) in [6, 6.07) is 3.90. The van der Waals surface area contributed by atoms with Crippen LogP contribution in [0.1, 0.15) is 41.6 Å². The molecule has 4 nitrogen and oxygen atoms in total. The third-order valence-electron chi connectivity index (χ3n) is 4.30. The Labute approximate surface area is 129 Å². The molecule has 21 heavy (non-hydrogen) atoms. The van der Waals surface area contributed by atoms with E-state index in [0.29, 0.717) is 16.5 Å². The van der Waals surface area contributed by atoms with Crippen molar-refractivity contribution in [3.8, 4) is 0 Å². The molecule has 0 radical (unpaired) electrons. The van der Waals surface area contributed by atoms with Gasteiger partial charge in [0, 0.05) is 24.2 Å². The normalized spacial score (nSPS) is 15.1. The standard InChI is InChI=1S/C16H21N3OS/c1-3-19(9-11-5-4-6-11)16(20)14-13(17)12-8-7-10(2)18-15(12)21-14/h7-8,11H,3-6,9,17H2,1-2H3. The van der Waals surface area contributed by atoms with Crippen LogP contribution in [0.4, 0.5) is 5.69 Å².